The molecule has 1 rings (SSSR count). The second-order valence-corrected chi connectivity index (χ2v) is 7.83. The van der Waals surface area contributed by atoms with E-state index in [0.717, 1.165) is 18.4 Å². The molecule has 1 aromatic rings. The summed E-state index contributed by atoms with van der Waals surface area (Å²) < 4.78 is 5.50. The number of benzene rings is 1. The molecule has 0 fully saturated rings. The number of hydrogen-bond donors (Lipinski definition) is 2. The molecule has 174 valence electrons. The zero-order valence-corrected chi connectivity index (χ0v) is 19.5. The van der Waals surface area contributed by atoms with Gasteiger partial charge >= 0.3 is 0 Å². The van der Waals surface area contributed by atoms with Crippen molar-refractivity contribution in [2.45, 2.75) is 90.9 Å². The SMILES string of the molecule is CCCCCCCCCCCCCC(=O)NCC(=O)N/N=C/c1ccccc1OCC. The Morgan fingerprint density at radius 2 is 1.48 bits per heavy atom. The van der Waals surface area contributed by atoms with Crippen LogP contribution < -0.4 is 15.5 Å². The molecular formula is C25H41N3O3. The number of nitrogens with one attached hydrogen (secondary N) is 2. The minimum absolute atomic E-state index is 0.0681. The van der Waals surface area contributed by atoms with Gasteiger partial charge in [-0.15, -0.1) is 0 Å². The number of unbranched alkanes of at least 4 members (excludes halogenated alkanes) is 10. The number of rotatable bonds is 18. The number of carbonyl (C=O) groups is 2. The molecule has 0 heterocycles. The summed E-state index contributed by atoms with van der Waals surface area (Å²) in [7, 11) is 0. The highest BCUT2D eigenvalue weighted by atomic mass is 16.5. The first kappa shape index (κ1) is 26.7. The summed E-state index contributed by atoms with van der Waals surface area (Å²) in [4.78, 5) is 23.7. The second kappa shape index (κ2) is 18.4. The highest BCUT2D eigenvalue weighted by molar-refractivity contribution is 5.87. The lowest BCUT2D eigenvalue weighted by Crippen LogP contribution is -2.34. The van der Waals surface area contributed by atoms with Crippen LogP contribution in [0.25, 0.3) is 0 Å². The Morgan fingerprint density at radius 3 is 2.13 bits per heavy atom. The lowest BCUT2D eigenvalue weighted by Gasteiger charge is -2.06. The topological polar surface area (TPSA) is 79.8 Å². The minimum atomic E-state index is -0.350. The van der Waals surface area contributed by atoms with Crippen LogP contribution in [0, 0.1) is 0 Å². The van der Waals surface area contributed by atoms with Crippen molar-refractivity contribution < 1.29 is 14.3 Å². The van der Waals surface area contributed by atoms with Gasteiger partial charge in [-0.05, 0) is 25.5 Å². The lowest BCUT2D eigenvalue weighted by atomic mass is 10.1. The Kier molecular flexibility index (Phi) is 15.8. The Bertz CT molecular complexity index is 647. The maximum atomic E-state index is 11.9. The monoisotopic (exact) mass is 431 g/mol. The van der Waals surface area contributed by atoms with E-state index in [4.69, 9.17) is 4.74 Å². The van der Waals surface area contributed by atoms with Crippen molar-refractivity contribution in [1.82, 2.24) is 10.7 Å². The standard InChI is InChI=1S/C25H41N3O3/c1-3-5-6-7-8-9-10-11-12-13-14-19-24(29)26-21-25(30)28-27-20-22-17-15-16-18-23(22)31-4-2/h15-18,20H,3-14,19,21H2,1-2H3,(H,26,29)(H,28,30)/b27-20+. The number of amides is 2. The number of nitrogens with zero attached hydrogens (tertiary/aromatic N) is 1. The van der Waals surface area contributed by atoms with E-state index in [1.54, 1.807) is 0 Å². The van der Waals surface area contributed by atoms with Gasteiger partial charge in [-0.25, -0.2) is 5.43 Å². The molecule has 1 aromatic carbocycles. The normalized spacial score (nSPS) is 10.9. The fourth-order valence-corrected chi connectivity index (χ4v) is 3.30. The average Bonchev–Trinajstić information content (AvgIpc) is 2.77. The van der Waals surface area contributed by atoms with Gasteiger partial charge in [0, 0.05) is 12.0 Å². The van der Waals surface area contributed by atoms with Crippen molar-refractivity contribution in [1.29, 1.82) is 0 Å². The van der Waals surface area contributed by atoms with Crippen molar-refractivity contribution >= 4 is 18.0 Å². The van der Waals surface area contributed by atoms with Gasteiger partial charge in [0.1, 0.15) is 5.75 Å². The molecule has 0 aliphatic carbocycles. The molecule has 2 amide bonds. The molecule has 0 radical (unpaired) electrons. The van der Waals surface area contributed by atoms with E-state index in [-0.39, 0.29) is 18.4 Å². The Balaban J connectivity index is 2.04. The molecule has 0 aromatic heterocycles. The van der Waals surface area contributed by atoms with Crippen molar-refractivity contribution in [3.8, 4) is 5.75 Å². The molecule has 6 heteroatoms. The smallest absolute Gasteiger partial charge is 0.259 e. The molecule has 0 aliphatic rings. The number of para-hydroxylation sites is 1. The number of ether oxygens (including phenoxy) is 1. The molecule has 0 saturated carbocycles. The lowest BCUT2D eigenvalue weighted by molar-refractivity contribution is -0.126. The van der Waals surface area contributed by atoms with E-state index in [9.17, 15) is 9.59 Å². The third kappa shape index (κ3) is 14.3. The molecule has 2 N–H and O–H groups in total. The summed E-state index contributed by atoms with van der Waals surface area (Å²) in [6.07, 6.45) is 15.8. The van der Waals surface area contributed by atoms with Crippen molar-refractivity contribution in [3.05, 3.63) is 29.8 Å². The van der Waals surface area contributed by atoms with Crippen LogP contribution >= 0.6 is 0 Å². The van der Waals surface area contributed by atoms with E-state index < -0.39 is 0 Å². The molecule has 0 spiro atoms. The molecule has 0 saturated heterocycles. The van der Waals surface area contributed by atoms with Crippen LogP contribution in [0.4, 0.5) is 0 Å². The zero-order valence-electron chi connectivity index (χ0n) is 19.5. The maximum Gasteiger partial charge on any atom is 0.259 e. The van der Waals surface area contributed by atoms with Gasteiger partial charge in [0.25, 0.3) is 5.91 Å². The van der Waals surface area contributed by atoms with Crippen molar-refractivity contribution in [2.75, 3.05) is 13.2 Å². The Hall–Kier alpha value is -2.37. The minimum Gasteiger partial charge on any atom is -0.493 e. The molecule has 6 nitrogen and oxygen atoms in total. The van der Waals surface area contributed by atoms with Crippen LogP contribution in [0.1, 0.15) is 96.5 Å². The maximum absolute atomic E-state index is 11.9. The Labute approximate surface area is 188 Å². The highest BCUT2D eigenvalue weighted by Crippen LogP contribution is 2.15. The molecule has 0 atom stereocenters. The Morgan fingerprint density at radius 1 is 0.871 bits per heavy atom. The van der Waals surface area contributed by atoms with Crippen molar-refractivity contribution in [3.63, 3.8) is 0 Å². The third-order valence-corrected chi connectivity index (χ3v) is 5.07. The average molecular weight is 432 g/mol. The van der Waals surface area contributed by atoms with Crippen LogP contribution in [0.2, 0.25) is 0 Å². The first-order valence-corrected chi connectivity index (χ1v) is 12.0. The zero-order chi connectivity index (χ0) is 22.6. The van der Waals surface area contributed by atoms with Crippen LogP contribution in [-0.4, -0.2) is 31.2 Å². The predicted octanol–water partition coefficient (Wildman–Crippen LogP) is 5.35. The molecule has 0 bridgehead atoms. The van der Waals surface area contributed by atoms with Crippen LogP contribution in [0.15, 0.2) is 29.4 Å². The highest BCUT2D eigenvalue weighted by Gasteiger charge is 2.05. The van der Waals surface area contributed by atoms with E-state index in [0.29, 0.717) is 18.8 Å². The fraction of sp³-hybridized carbons (Fsp3) is 0.640. The first-order valence-electron chi connectivity index (χ1n) is 12.0. The van der Waals surface area contributed by atoms with Gasteiger partial charge in [-0.3, -0.25) is 9.59 Å². The first-order chi connectivity index (χ1) is 15.2. The molecular weight excluding hydrogens is 390 g/mol. The van der Waals surface area contributed by atoms with Crippen molar-refractivity contribution in [2.24, 2.45) is 5.10 Å². The van der Waals surface area contributed by atoms with E-state index in [2.05, 4.69) is 22.8 Å². The number of carbonyl (C=O) groups excluding carboxylic acids is 2. The third-order valence-electron chi connectivity index (χ3n) is 5.07. The quantitative estimate of drug-likeness (QED) is 0.187. The van der Waals surface area contributed by atoms with E-state index >= 15 is 0 Å². The second-order valence-electron chi connectivity index (χ2n) is 7.83. The van der Waals surface area contributed by atoms with Gasteiger partial charge in [-0.1, -0.05) is 83.3 Å². The largest absolute Gasteiger partial charge is 0.493 e. The van der Waals surface area contributed by atoms with Crippen LogP contribution in [0.3, 0.4) is 0 Å². The van der Waals surface area contributed by atoms with Gasteiger partial charge < -0.3 is 10.1 Å². The molecule has 0 aliphatic heterocycles. The molecule has 31 heavy (non-hydrogen) atoms. The summed E-state index contributed by atoms with van der Waals surface area (Å²) >= 11 is 0. The van der Waals surface area contributed by atoms with Gasteiger partial charge in [-0.2, -0.15) is 5.10 Å². The van der Waals surface area contributed by atoms with Gasteiger partial charge in [0.2, 0.25) is 5.91 Å². The molecule has 0 unspecified atom stereocenters. The predicted molar refractivity (Wildman–Crippen MR) is 127 cm³/mol. The van der Waals surface area contributed by atoms with E-state index in [1.165, 1.54) is 64.0 Å². The summed E-state index contributed by atoms with van der Waals surface area (Å²) in [6, 6.07) is 7.46. The van der Waals surface area contributed by atoms with Crippen LogP contribution in [0.5, 0.6) is 5.75 Å². The van der Waals surface area contributed by atoms with Crippen LogP contribution in [-0.2, 0) is 9.59 Å². The summed E-state index contributed by atoms with van der Waals surface area (Å²) in [5, 5.41) is 6.59. The summed E-state index contributed by atoms with van der Waals surface area (Å²) in [5.74, 6) is 0.275. The fourth-order valence-electron chi connectivity index (χ4n) is 3.30. The summed E-state index contributed by atoms with van der Waals surface area (Å²) in [6.45, 7) is 4.65. The van der Waals surface area contributed by atoms with Gasteiger partial charge in [0.05, 0.1) is 19.4 Å². The van der Waals surface area contributed by atoms with E-state index in [1.807, 2.05) is 31.2 Å². The van der Waals surface area contributed by atoms with Gasteiger partial charge in [0.15, 0.2) is 0 Å². The summed E-state index contributed by atoms with van der Waals surface area (Å²) in [5.41, 5.74) is 3.21. The number of hydrazone groups is 1. The number of hydrogen-bond acceptors (Lipinski definition) is 4.